The fourth-order valence-electron chi connectivity index (χ4n) is 4.44. The summed E-state index contributed by atoms with van der Waals surface area (Å²) in [5.74, 6) is 4.32. The van der Waals surface area contributed by atoms with E-state index in [9.17, 15) is 0 Å². The summed E-state index contributed by atoms with van der Waals surface area (Å²) in [5.41, 5.74) is 0. The lowest BCUT2D eigenvalue weighted by Gasteiger charge is -2.33. The maximum absolute atomic E-state index is 3.73. The molecule has 3 aliphatic rings. The molecule has 5 atom stereocenters. The second-order valence-corrected chi connectivity index (χ2v) is 5.35. The van der Waals surface area contributed by atoms with Crippen molar-refractivity contribution in [3.8, 4) is 0 Å². The second kappa shape index (κ2) is 2.98. The zero-order chi connectivity index (χ0) is 8.84. The van der Waals surface area contributed by atoms with Crippen LogP contribution in [-0.4, -0.2) is 12.6 Å². The fraction of sp³-hybridized carbons (Fsp3) is 1.00. The predicted octanol–water partition coefficient (Wildman–Crippen LogP) is 2.42. The van der Waals surface area contributed by atoms with Gasteiger partial charge in [0.1, 0.15) is 0 Å². The van der Waals surface area contributed by atoms with Gasteiger partial charge < -0.3 is 5.32 Å². The van der Waals surface area contributed by atoms with E-state index in [1.54, 1.807) is 0 Å². The van der Waals surface area contributed by atoms with Crippen LogP contribution in [0, 0.1) is 23.7 Å². The van der Waals surface area contributed by atoms with Crippen LogP contribution in [0.3, 0.4) is 0 Å². The first kappa shape index (κ1) is 8.28. The molecule has 0 aromatic heterocycles. The second-order valence-electron chi connectivity index (χ2n) is 5.35. The van der Waals surface area contributed by atoms with Gasteiger partial charge in [0.15, 0.2) is 0 Å². The average Bonchev–Trinajstić information content (AvgIpc) is 2.72. The van der Waals surface area contributed by atoms with Gasteiger partial charge in [0.05, 0.1) is 0 Å². The molecular weight excluding hydrogens is 158 g/mol. The summed E-state index contributed by atoms with van der Waals surface area (Å²) in [5, 5.41) is 3.73. The normalized spacial score (nSPS) is 53.8. The molecule has 3 fully saturated rings. The molecule has 1 heterocycles. The third-order valence-corrected chi connectivity index (χ3v) is 4.93. The molecule has 0 amide bonds. The lowest BCUT2D eigenvalue weighted by Crippen LogP contribution is -2.35. The molecule has 2 aliphatic carbocycles. The summed E-state index contributed by atoms with van der Waals surface area (Å²) in [4.78, 5) is 0. The molecule has 1 nitrogen and oxygen atoms in total. The van der Waals surface area contributed by atoms with Crippen LogP contribution in [0.2, 0.25) is 0 Å². The fourth-order valence-corrected chi connectivity index (χ4v) is 4.44. The van der Waals surface area contributed by atoms with Crippen LogP contribution in [0.25, 0.3) is 0 Å². The Hall–Kier alpha value is -0.0400. The van der Waals surface area contributed by atoms with E-state index in [4.69, 9.17) is 0 Å². The van der Waals surface area contributed by atoms with Crippen LogP contribution in [0.4, 0.5) is 0 Å². The van der Waals surface area contributed by atoms with Gasteiger partial charge in [-0.05, 0) is 49.5 Å². The molecule has 1 aliphatic heterocycles. The molecule has 1 N–H and O–H groups in total. The van der Waals surface area contributed by atoms with Gasteiger partial charge in [-0.15, -0.1) is 0 Å². The van der Waals surface area contributed by atoms with Gasteiger partial charge >= 0.3 is 0 Å². The maximum Gasteiger partial charge on any atom is 0.0101 e. The van der Waals surface area contributed by atoms with Gasteiger partial charge in [-0.2, -0.15) is 0 Å². The van der Waals surface area contributed by atoms with Crippen molar-refractivity contribution in [3.63, 3.8) is 0 Å². The Labute approximate surface area is 81.3 Å². The highest BCUT2D eigenvalue weighted by atomic mass is 15.0. The van der Waals surface area contributed by atoms with Crippen LogP contribution >= 0.6 is 0 Å². The third kappa shape index (κ3) is 1.09. The summed E-state index contributed by atoms with van der Waals surface area (Å²) in [6.45, 7) is 3.73. The van der Waals surface area contributed by atoms with Crippen molar-refractivity contribution in [2.75, 3.05) is 6.54 Å². The number of rotatable bonds is 1. The zero-order valence-corrected chi connectivity index (χ0v) is 8.63. The first-order valence-corrected chi connectivity index (χ1v) is 6.13. The molecular formula is C12H21N. The summed E-state index contributed by atoms with van der Waals surface area (Å²) in [6.07, 6.45) is 7.47. The van der Waals surface area contributed by atoms with Crippen LogP contribution in [0.1, 0.15) is 39.0 Å². The minimum absolute atomic E-state index is 0.917. The van der Waals surface area contributed by atoms with E-state index in [1.165, 1.54) is 38.6 Å². The molecule has 0 bridgehead atoms. The predicted molar refractivity (Wildman–Crippen MR) is 54.5 cm³/mol. The molecule has 1 saturated heterocycles. The Balaban J connectivity index is 1.85. The molecule has 0 radical (unpaired) electrons. The van der Waals surface area contributed by atoms with E-state index in [2.05, 4.69) is 12.2 Å². The molecule has 3 rings (SSSR count). The van der Waals surface area contributed by atoms with Crippen LogP contribution in [0.15, 0.2) is 0 Å². The van der Waals surface area contributed by atoms with E-state index in [0.29, 0.717) is 0 Å². The van der Waals surface area contributed by atoms with Crippen LogP contribution in [0.5, 0.6) is 0 Å². The van der Waals surface area contributed by atoms with Gasteiger partial charge in [-0.3, -0.25) is 0 Å². The molecule has 5 unspecified atom stereocenters. The van der Waals surface area contributed by atoms with Gasteiger partial charge in [-0.25, -0.2) is 0 Å². The van der Waals surface area contributed by atoms with E-state index < -0.39 is 0 Å². The largest absolute Gasteiger partial charge is 0.313 e. The van der Waals surface area contributed by atoms with Crippen molar-refractivity contribution in [2.45, 2.75) is 45.1 Å². The van der Waals surface area contributed by atoms with Crippen LogP contribution in [-0.2, 0) is 0 Å². The first-order valence-electron chi connectivity index (χ1n) is 6.13. The minimum atomic E-state index is 0.917. The summed E-state index contributed by atoms with van der Waals surface area (Å²) >= 11 is 0. The Bertz CT molecular complexity index is 199. The maximum atomic E-state index is 3.73. The Kier molecular flexibility index (Phi) is 1.90. The van der Waals surface area contributed by atoms with Gasteiger partial charge in [0.2, 0.25) is 0 Å². The SMILES string of the molecule is CCC1CC2CNC3CCCC1C23. The molecule has 13 heavy (non-hydrogen) atoms. The third-order valence-electron chi connectivity index (χ3n) is 4.93. The number of hydrogen-bond donors (Lipinski definition) is 1. The topological polar surface area (TPSA) is 12.0 Å². The monoisotopic (exact) mass is 179 g/mol. The zero-order valence-electron chi connectivity index (χ0n) is 8.63. The number of hydrogen-bond acceptors (Lipinski definition) is 1. The van der Waals surface area contributed by atoms with Crippen molar-refractivity contribution in [3.05, 3.63) is 0 Å². The van der Waals surface area contributed by atoms with E-state index >= 15 is 0 Å². The minimum Gasteiger partial charge on any atom is -0.313 e. The molecule has 2 saturated carbocycles. The van der Waals surface area contributed by atoms with Crippen molar-refractivity contribution < 1.29 is 0 Å². The van der Waals surface area contributed by atoms with Gasteiger partial charge in [-0.1, -0.05) is 19.8 Å². The van der Waals surface area contributed by atoms with Gasteiger partial charge in [0.25, 0.3) is 0 Å². The lowest BCUT2D eigenvalue weighted by atomic mass is 9.74. The molecule has 74 valence electrons. The number of nitrogens with one attached hydrogen (secondary N) is 1. The van der Waals surface area contributed by atoms with E-state index in [0.717, 1.165) is 29.7 Å². The van der Waals surface area contributed by atoms with Crippen molar-refractivity contribution in [1.82, 2.24) is 5.32 Å². The first-order chi connectivity index (χ1) is 6.40. The Morgan fingerprint density at radius 3 is 3.08 bits per heavy atom. The summed E-state index contributed by atoms with van der Waals surface area (Å²) in [7, 11) is 0. The Morgan fingerprint density at radius 2 is 2.23 bits per heavy atom. The van der Waals surface area contributed by atoms with Crippen LogP contribution < -0.4 is 5.32 Å². The Morgan fingerprint density at radius 1 is 1.31 bits per heavy atom. The summed E-state index contributed by atoms with van der Waals surface area (Å²) < 4.78 is 0. The highest BCUT2D eigenvalue weighted by molar-refractivity contribution is 5.03. The van der Waals surface area contributed by atoms with Crippen molar-refractivity contribution in [2.24, 2.45) is 23.7 Å². The molecule has 1 heteroatoms. The molecule has 0 aromatic carbocycles. The quantitative estimate of drug-likeness (QED) is 0.652. The van der Waals surface area contributed by atoms with E-state index in [-0.39, 0.29) is 0 Å². The average molecular weight is 179 g/mol. The van der Waals surface area contributed by atoms with E-state index in [1.807, 2.05) is 0 Å². The molecule has 0 aromatic rings. The smallest absolute Gasteiger partial charge is 0.0101 e. The highest BCUT2D eigenvalue weighted by Crippen LogP contribution is 2.52. The summed E-state index contributed by atoms with van der Waals surface area (Å²) in [6, 6.07) is 0.917. The molecule has 0 spiro atoms. The standard InChI is InChI=1S/C12H21N/c1-2-8-6-9-7-13-11-5-3-4-10(8)12(9)11/h8-13H,2-7H2,1H3. The highest BCUT2D eigenvalue weighted by Gasteiger charge is 2.50. The van der Waals surface area contributed by atoms with Crippen molar-refractivity contribution >= 4 is 0 Å². The van der Waals surface area contributed by atoms with Gasteiger partial charge in [0, 0.05) is 6.04 Å². The lowest BCUT2D eigenvalue weighted by molar-refractivity contribution is 0.193. The van der Waals surface area contributed by atoms with Crippen molar-refractivity contribution in [1.29, 1.82) is 0 Å².